The Morgan fingerprint density at radius 1 is 1.18 bits per heavy atom. The van der Waals surface area contributed by atoms with E-state index >= 15 is 0 Å². The molecule has 7 heteroatoms. The lowest BCUT2D eigenvalue weighted by atomic mass is 10.1. The lowest BCUT2D eigenvalue weighted by Crippen LogP contribution is -2.21. The number of hydrogen-bond acceptors (Lipinski definition) is 4. The van der Waals surface area contributed by atoms with Gasteiger partial charge in [-0.1, -0.05) is 12.1 Å². The van der Waals surface area contributed by atoms with E-state index in [-0.39, 0.29) is 11.6 Å². The predicted octanol–water partition coefficient (Wildman–Crippen LogP) is 2.83. The van der Waals surface area contributed by atoms with Crippen LogP contribution in [0.25, 0.3) is 11.0 Å². The van der Waals surface area contributed by atoms with Gasteiger partial charge in [-0.3, -0.25) is 9.36 Å². The van der Waals surface area contributed by atoms with Crippen molar-refractivity contribution in [1.82, 2.24) is 9.55 Å². The highest BCUT2D eigenvalue weighted by molar-refractivity contribution is 6.07. The third kappa shape index (κ3) is 3.53. The van der Waals surface area contributed by atoms with Crippen LogP contribution in [0.5, 0.6) is 0 Å². The van der Waals surface area contributed by atoms with E-state index in [4.69, 9.17) is 4.74 Å². The minimum atomic E-state index is -0.205. The second kappa shape index (κ2) is 7.90. The van der Waals surface area contributed by atoms with E-state index in [0.717, 1.165) is 30.0 Å². The molecule has 0 bridgehead atoms. The number of nitrogens with zero attached hydrogens (tertiary/aromatic N) is 2. The van der Waals surface area contributed by atoms with E-state index in [2.05, 4.69) is 15.2 Å². The molecule has 1 amide bonds. The lowest BCUT2D eigenvalue weighted by Gasteiger charge is -2.21. The Balaban J connectivity index is 1.59. The van der Waals surface area contributed by atoms with Gasteiger partial charge in [0.25, 0.3) is 5.91 Å². The lowest BCUT2D eigenvalue weighted by molar-refractivity contribution is 0.102. The topological polar surface area (TPSA) is 79.4 Å². The van der Waals surface area contributed by atoms with Crippen LogP contribution in [0, 0.1) is 0 Å². The minimum absolute atomic E-state index is 0.195. The summed E-state index contributed by atoms with van der Waals surface area (Å²) in [6, 6.07) is 13.1. The molecule has 1 fully saturated rings. The molecule has 2 heterocycles. The highest BCUT2D eigenvalue weighted by Gasteiger charge is 2.17. The van der Waals surface area contributed by atoms with Gasteiger partial charge in [-0.25, -0.2) is 4.79 Å². The molecule has 4 rings (SSSR count). The van der Waals surface area contributed by atoms with Gasteiger partial charge in [0.1, 0.15) is 0 Å². The van der Waals surface area contributed by atoms with Crippen molar-refractivity contribution < 1.29 is 9.53 Å². The number of imidazole rings is 1. The third-order valence-corrected chi connectivity index (χ3v) is 5.15. The number of para-hydroxylation sites is 2. The highest BCUT2D eigenvalue weighted by Crippen LogP contribution is 2.29. The van der Waals surface area contributed by atoms with Crippen LogP contribution in [-0.2, 0) is 11.3 Å². The van der Waals surface area contributed by atoms with Crippen LogP contribution in [-0.4, -0.2) is 42.3 Å². The maximum absolute atomic E-state index is 12.8. The number of methoxy groups -OCH3 is 1. The van der Waals surface area contributed by atoms with Crippen LogP contribution < -0.4 is 15.9 Å². The van der Waals surface area contributed by atoms with E-state index in [1.807, 2.05) is 24.3 Å². The second-order valence-electron chi connectivity index (χ2n) is 6.97. The SMILES string of the molecule is COCCn1c(=O)[nH]c2cc(C(=O)Nc3ccccc3N3CCCC3)ccc21. The zero-order chi connectivity index (χ0) is 19.5. The molecule has 3 aromatic rings. The number of anilines is 2. The third-order valence-electron chi connectivity index (χ3n) is 5.15. The van der Waals surface area contributed by atoms with Crippen LogP contribution in [0.1, 0.15) is 23.2 Å². The minimum Gasteiger partial charge on any atom is -0.383 e. The van der Waals surface area contributed by atoms with Gasteiger partial charge in [0.2, 0.25) is 0 Å². The second-order valence-corrected chi connectivity index (χ2v) is 6.97. The summed E-state index contributed by atoms with van der Waals surface area (Å²) in [4.78, 5) is 30.1. The summed E-state index contributed by atoms with van der Waals surface area (Å²) in [5, 5.41) is 3.02. The first-order valence-corrected chi connectivity index (χ1v) is 9.54. The van der Waals surface area contributed by atoms with Crippen molar-refractivity contribution in [2.24, 2.45) is 0 Å². The van der Waals surface area contributed by atoms with Crippen molar-refractivity contribution in [2.75, 3.05) is 37.0 Å². The van der Waals surface area contributed by atoms with Crippen molar-refractivity contribution in [3.8, 4) is 0 Å². The fourth-order valence-corrected chi connectivity index (χ4v) is 3.72. The maximum atomic E-state index is 12.8. The quantitative estimate of drug-likeness (QED) is 0.689. The monoisotopic (exact) mass is 380 g/mol. The van der Waals surface area contributed by atoms with Crippen LogP contribution in [0.3, 0.4) is 0 Å². The first-order chi connectivity index (χ1) is 13.7. The smallest absolute Gasteiger partial charge is 0.326 e. The van der Waals surface area contributed by atoms with E-state index in [0.29, 0.717) is 24.2 Å². The number of nitrogens with one attached hydrogen (secondary N) is 2. The average molecular weight is 380 g/mol. The van der Waals surface area contributed by atoms with Gasteiger partial charge in [0.15, 0.2) is 0 Å². The van der Waals surface area contributed by atoms with Gasteiger partial charge < -0.3 is 19.9 Å². The summed E-state index contributed by atoms with van der Waals surface area (Å²) in [6.45, 7) is 2.93. The summed E-state index contributed by atoms with van der Waals surface area (Å²) in [5.41, 5.74) is 3.56. The summed E-state index contributed by atoms with van der Waals surface area (Å²) in [5.74, 6) is -0.195. The number of fused-ring (bicyclic) bond motifs is 1. The van der Waals surface area contributed by atoms with Crippen LogP contribution in [0.15, 0.2) is 47.3 Å². The van der Waals surface area contributed by atoms with Gasteiger partial charge in [-0.05, 0) is 43.2 Å². The molecule has 0 aliphatic carbocycles. The number of benzene rings is 2. The van der Waals surface area contributed by atoms with Crippen molar-refractivity contribution in [3.05, 3.63) is 58.5 Å². The molecular weight excluding hydrogens is 356 g/mol. The number of rotatable bonds is 6. The van der Waals surface area contributed by atoms with Crippen LogP contribution in [0.4, 0.5) is 11.4 Å². The number of carbonyl (C=O) groups is 1. The van der Waals surface area contributed by atoms with Crippen molar-refractivity contribution in [1.29, 1.82) is 0 Å². The Kier molecular flexibility index (Phi) is 5.16. The number of hydrogen-bond donors (Lipinski definition) is 2. The largest absolute Gasteiger partial charge is 0.383 e. The number of H-pyrrole nitrogens is 1. The van der Waals surface area contributed by atoms with Crippen LogP contribution in [0.2, 0.25) is 0 Å². The zero-order valence-corrected chi connectivity index (χ0v) is 15.9. The zero-order valence-electron chi connectivity index (χ0n) is 15.9. The summed E-state index contributed by atoms with van der Waals surface area (Å²) >= 11 is 0. The fraction of sp³-hybridized carbons (Fsp3) is 0.333. The normalized spacial score (nSPS) is 14.0. The Bertz CT molecular complexity index is 1050. The van der Waals surface area contributed by atoms with Gasteiger partial charge in [0.05, 0.1) is 35.6 Å². The molecule has 0 spiro atoms. The number of carbonyl (C=O) groups excluding carboxylic acids is 1. The summed E-state index contributed by atoms with van der Waals surface area (Å²) in [6.07, 6.45) is 2.35. The molecule has 1 aromatic heterocycles. The van der Waals surface area contributed by atoms with E-state index in [1.165, 1.54) is 12.8 Å². The van der Waals surface area contributed by atoms with Gasteiger partial charge in [-0.2, -0.15) is 0 Å². The molecule has 146 valence electrons. The molecule has 1 aliphatic rings. The molecule has 2 N–H and O–H groups in total. The molecule has 2 aromatic carbocycles. The standard InChI is InChI=1S/C21H24N4O3/c1-28-13-12-25-19-9-8-15(14-17(19)23-21(25)27)20(26)22-16-6-2-3-7-18(16)24-10-4-5-11-24/h2-3,6-9,14H,4-5,10-13H2,1H3,(H,22,26)(H,23,27). The summed E-state index contributed by atoms with van der Waals surface area (Å²) < 4.78 is 6.67. The Morgan fingerprint density at radius 3 is 2.75 bits per heavy atom. The van der Waals surface area contributed by atoms with E-state index < -0.39 is 0 Å². The average Bonchev–Trinajstić information content (AvgIpc) is 3.34. The molecule has 0 atom stereocenters. The highest BCUT2D eigenvalue weighted by atomic mass is 16.5. The van der Waals surface area contributed by atoms with Gasteiger partial charge >= 0.3 is 5.69 Å². The number of ether oxygens (including phenoxy) is 1. The molecule has 28 heavy (non-hydrogen) atoms. The molecule has 7 nitrogen and oxygen atoms in total. The number of aromatic nitrogens is 2. The first-order valence-electron chi connectivity index (χ1n) is 9.54. The maximum Gasteiger partial charge on any atom is 0.326 e. The van der Waals surface area contributed by atoms with Crippen molar-refractivity contribution in [3.63, 3.8) is 0 Å². The molecule has 1 aliphatic heterocycles. The van der Waals surface area contributed by atoms with E-state index in [1.54, 1.807) is 29.9 Å². The Morgan fingerprint density at radius 2 is 1.96 bits per heavy atom. The van der Waals surface area contributed by atoms with Crippen molar-refractivity contribution >= 4 is 28.3 Å². The Hall–Kier alpha value is -3.06. The predicted molar refractivity (Wildman–Crippen MR) is 110 cm³/mol. The first kappa shape index (κ1) is 18.3. The van der Waals surface area contributed by atoms with E-state index in [9.17, 15) is 9.59 Å². The van der Waals surface area contributed by atoms with Crippen molar-refractivity contribution in [2.45, 2.75) is 19.4 Å². The molecular formula is C21H24N4O3. The number of amides is 1. The molecule has 0 saturated carbocycles. The van der Waals surface area contributed by atoms with Gasteiger partial charge in [0, 0.05) is 25.8 Å². The molecule has 0 unspecified atom stereocenters. The molecule has 1 saturated heterocycles. The van der Waals surface area contributed by atoms with Crippen LogP contribution >= 0.6 is 0 Å². The molecule has 0 radical (unpaired) electrons. The fourth-order valence-electron chi connectivity index (χ4n) is 3.72. The Labute approximate surface area is 162 Å². The van der Waals surface area contributed by atoms with Gasteiger partial charge in [-0.15, -0.1) is 0 Å². The summed E-state index contributed by atoms with van der Waals surface area (Å²) in [7, 11) is 1.60. The number of aromatic amines is 1.